The number of nitrogens with one attached hydrogen (secondary N) is 2. The molecule has 0 radical (unpaired) electrons. The van der Waals surface area contributed by atoms with E-state index < -0.39 is 0 Å². The van der Waals surface area contributed by atoms with E-state index in [9.17, 15) is 4.79 Å². The molecule has 0 unspecified atom stereocenters. The van der Waals surface area contributed by atoms with E-state index in [-0.39, 0.29) is 11.3 Å². The van der Waals surface area contributed by atoms with Crippen molar-refractivity contribution in [2.75, 3.05) is 13.1 Å². The Morgan fingerprint density at radius 1 is 1.43 bits per heavy atom. The lowest BCUT2D eigenvalue weighted by Crippen LogP contribution is -2.51. The topological polar surface area (TPSA) is 41.1 Å². The zero-order valence-corrected chi connectivity index (χ0v) is 8.94. The van der Waals surface area contributed by atoms with Crippen molar-refractivity contribution in [3.05, 3.63) is 0 Å². The van der Waals surface area contributed by atoms with Gasteiger partial charge in [0.05, 0.1) is 0 Å². The predicted molar refractivity (Wildman–Crippen MR) is 56.0 cm³/mol. The molecule has 2 N–H and O–H groups in total. The minimum atomic E-state index is -0.0442. The third-order valence-electron chi connectivity index (χ3n) is 3.64. The monoisotopic (exact) mass is 196 g/mol. The Hall–Kier alpha value is -0.570. The lowest BCUT2D eigenvalue weighted by atomic mass is 9.69. The summed E-state index contributed by atoms with van der Waals surface area (Å²) in [6.45, 7) is 4.13. The number of hydrogen-bond acceptors (Lipinski definition) is 2. The number of rotatable bonds is 2. The van der Waals surface area contributed by atoms with Gasteiger partial charge >= 0.3 is 0 Å². The fourth-order valence-corrected chi connectivity index (χ4v) is 2.27. The molecule has 0 spiro atoms. The van der Waals surface area contributed by atoms with Crippen molar-refractivity contribution in [1.29, 1.82) is 0 Å². The number of hydrogen-bond donors (Lipinski definition) is 2. The molecule has 0 aromatic carbocycles. The molecule has 0 aromatic heterocycles. The van der Waals surface area contributed by atoms with Crippen LogP contribution < -0.4 is 10.6 Å². The average Bonchev–Trinajstić information content (AvgIpc) is 2.15. The van der Waals surface area contributed by atoms with Crippen LogP contribution in [-0.2, 0) is 4.79 Å². The van der Waals surface area contributed by atoms with Crippen molar-refractivity contribution in [3.63, 3.8) is 0 Å². The maximum Gasteiger partial charge on any atom is 0.226 e. The summed E-state index contributed by atoms with van der Waals surface area (Å²) in [5.41, 5.74) is -0.0442. The molecule has 3 heteroatoms. The van der Waals surface area contributed by atoms with Crippen molar-refractivity contribution in [2.24, 2.45) is 5.41 Å². The molecule has 1 saturated heterocycles. The van der Waals surface area contributed by atoms with E-state index in [1.807, 2.05) is 0 Å². The summed E-state index contributed by atoms with van der Waals surface area (Å²) < 4.78 is 0. The summed E-state index contributed by atoms with van der Waals surface area (Å²) in [5, 5.41) is 6.47. The molecule has 0 bridgehead atoms. The molecular weight excluding hydrogens is 176 g/mol. The second-order valence-corrected chi connectivity index (χ2v) is 4.93. The SMILES string of the molecule is CC1(C(=O)N[C@H]2CCCNC2)CCC1. The molecule has 1 heterocycles. The quantitative estimate of drug-likeness (QED) is 0.693. The maximum absolute atomic E-state index is 11.9. The van der Waals surface area contributed by atoms with Crippen LogP contribution in [0.15, 0.2) is 0 Å². The molecule has 1 atom stereocenters. The molecular formula is C11H20N2O. The van der Waals surface area contributed by atoms with Crippen molar-refractivity contribution >= 4 is 5.91 Å². The van der Waals surface area contributed by atoms with Crippen LogP contribution in [0.1, 0.15) is 39.0 Å². The molecule has 2 rings (SSSR count). The van der Waals surface area contributed by atoms with Crippen LogP contribution in [0, 0.1) is 5.41 Å². The van der Waals surface area contributed by atoms with Crippen LogP contribution in [0.5, 0.6) is 0 Å². The zero-order valence-electron chi connectivity index (χ0n) is 8.94. The fourth-order valence-electron chi connectivity index (χ4n) is 2.27. The Balaban J connectivity index is 1.81. The lowest BCUT2D eigenvalue weighted by Gasteiger charge is -2.38. The Kier molecular flexibility index (Phi) is 2.77. The van der Waals surface area contributed by atoms with E-state index in [0.717, 1.165) is 32.4 Å². The van der Waals surface area contributed by atoms with E-state index in [1.165, 1.54) is 12.8 Å². The van der Waals surface area contributed by atoms with Gasteiger partial charge in [0, 0.05) is 18.0 Å². The van der Waals surface area contributed by atoms with Gasteiger partial charge in [-0.3, -0.25) is 4.79 Å². The molecule has 80 valence electrons. The highest BCUT2D eigenvalue weighted by Gasteiger charge is 2.39. The van der Waals surface area contributed by atoms with Gasteiger partial charge < -0.3 is 10.6 Å². The van der Waals surface area contributed by atoms with Crippen LogP contribution in [0.25, 0.3) is 0 Å². The van der Waals surface area contributed by atoms with Gasteiger partial charge in [-0.2, -0.15) is 0 Å². The first-order chi connectivity index (χ1) is 6.71. The Labute approximate surface area is 85.6 Å². The van der Waals surface area contributed by atoms with E-state index in [4.69, 9.17) is 0 Å². The summed E-state index contributed by atoms with van der Waals surface area (Å²) in [6.07, 6.45) is 5.67. The van der Waals surface area contributed by atoms with Crippen LogP contribution in [0.2, 0.25) is 0 Å². The number of amides is 1. The largest absolute Gasteiger partial charge is 0.352 e. The molecule has 1 amide bonds. The first-order valence-electron chi connectivity index (χ1n) is 5.72. The molecule has 2 aliphatic rings. The van der Waals surface area contributed by atoms with Crippen molar-refractivity contribution < 1.29 is 4.79 Å². The maximum atomic E-state index is 11.9. The lowest BCUT2D eigenvalue weighted by molar-refractivity contribution is -0.135. The smallest absolute Gasteiger partial charge is 0.226 e. The number of carbonyl (C=O) groups is 1. The van der Waals surface area contributed by atoms with E-state index in [2.05, 4.69) is 17.6 Å². The van der Waals surface area contributed by atoms with Gasteiger partial charge in [-0.25, -0.2) is 0 Å². The van der Waals surface area contributed by atoms with Gasteiger partial charge in [-0.05, 0) is 32.2 Å². The van der Waals surface area contributed by atoms with Crippen LogP contribution in [0.3, 0.4) is 0 Å². The first-order valence-corrected chi connectivity index (χ1v) is 5.72. The molecule has 1 saturated carbocycles. The van der Waals surface area contributed by atoms with Crippen molar-refractivity contribution in [2.45, 2.75) is 45.1 Å². The second kappa shape index (κ2) is 3.89. The van der Waals surface area contributed by atoms with Crippen LogP contribution in [0.4, 0.5) is 0 Å². The van der Waals surface area contributed by atoms with E-state index in [0.29, 0.717) is 6.04 Å². The molecule has 0 aromatic rings. The Bertz CT molecular complexity index is 217. The van der Waals surface area contributed by atoms with Gasteiger partial charge in [0.15, 0.2) is 0 Å². The van der Waals surface area contributed by atoms with Crippen LogP contribution >= 0.6 is 0 Å². The van der Waals surface area contributed by atoms with Gasteiger partial charge in [0.1, 0.15) is 0 Å². The van der Waals surface area contributed by atoms with Crippen molar-refractivity contribution in [1.82, 2.24) is 10.6 Å². The van der Waals surface area contributed by atoms with Crippen LogP contribution in [-0.4, -0.2) is 25.0 Å². The predicted octanol–water partition coefficient (Wildman–Crippen LogP) is 1.04. The molecule has 14 heavy (non-hydrogen) atoms. The standard InChI is InChI=1S/C11H20N2O/c1-11(5-3-6-11)10(14)13-9-4-2-7-12-8-9/h9,12H,2-8H2,1H3,(H,13,14)/t9-/m0/s1. The minimum absolute atomic E-state index is 0.0442. The van der Waals surface area contributed by atoms with Gasteiger partial charge in [-0.1, -0.05) is 13.3 Å². The highest BCUT2D eigenvalue weighted by molar-refractivity contribution is 5.83. The summed E-state index contributed by atoms with van der Waals surface area (Å²) in [6, 6.07) is 0.369. The summed E-state index contributed by atoms with van der Waals surface area (Å²) >= 11 is 0. The first kappa shape index (κ1) is 9.97. The fraction of sp³-hybridized carbons (Fsp3) is 0.909. The van der Waals surface area contributed by atoms with E-state index in [1.54, 1.807) is 0 Å². The average molecular weight is 196 g/mol. The Morgan fingerprint density at radius 2 is 2.21 bits per heavy atom. The molecule has 2 fully saturated rings. The summed E-state index contributed by atoms with van der Waals surface area (Å²) in [4.78, 5) is 11.9. The normalized spacial score (nSPS) is 30.5. The Morgan fingerprint density at radius 3 is 2.71 bits per heavy atom. The second-order valence-electron chi connectivity index (χ2n) is 4.93. The summed E-state index contributed by atoms with van der Waals surface area (Å²) in [5.74, 6) is 0.275. The number of piperidine rings is 1. The number of carbonyl (C=O) groups excluding carboxylic acids is 1. The van der Waals surface area contributed by atoms with Gasteiger partial charge in [-0.15, -0.1) is 0 Å². The zero-order chi connectivity index (χ0) is 10.0. The molecule has 3 nitrogen and oxygen atoms in total. The molecule has 1 aliphatic carbocycles. The van der Waals surface area contributed by atoms with Gasteiger partial charge in [0.25, 0.3) is 0 Å². The third-order valence-corrected chi connectivity index (χ3v) is 3.64. The van der Waals surface area contributed by atoms with Crippen molar-refractivity contribution in [3.8, 4) is 0 Å². The molecule has 1 aliphatic heterocycles. The minimum Gasteiger partial charge on any atom is -0.352 e. The van der Waals surface area contributed by atoms with E-state index >= 15 is 0 Å². The highest BCUT2D eigenvalue weighted by Crippen LogP contribution is 2.40. The summed E-state index contributed by atoms with van der Waals surface area (Å²) in [7, 11) is 0. The highest BCUT2D eigenvalue weighted by atomic mass is 16.2. The third kappa shape index (κ3) is 1.92. The van der Waals surface area contributed by atoms with Gasteiger partial charge in [0.2, 0.25) is 5.91 Å².